The van der Waals surface area contributed by atoms with E-state index in [0.717, 1.165) is 6.42 Å². The summed E-state index contributed by atoms with van der Waals surface area (Å²) in [5.41, 5.74) is 0. The summed E-state index contributed by atoms with van der Waals surface area (Å²) in [7, 11) is 0. The lowest BCUT2D eigenvalue weighted by Crippen LogP contribution is -2.27. The third-order valence-corrected chi connectivity index (χ3v) is 4.02. The first-order valence-electron chi connectivity index (χ1n) is 6.87. The van der Waals surface area contributed by atoms with Gasteiger partial charge in [0.15, 0.2) is 5.13 Å². The van der Waals surface area contributed by atoms with Gasteiger partial charge in [0.05, 0.1) is 12.0 Å². The van der Waals surface area contributed by atoms with Crippen molar-refractivity contribution in [3.05, 3.63) is 11.6 Å². The van der Waals surface area contributed by atoms with Crippen molar-refractivity contribution in [3.8, 4) is 0 Å². The summed E-state index contributed by atoms with van der Waals surface area (Å²) in [6.07, 6.45) is 2.60. The molecule has 0 spiro atoms. The number of nitrogens with zero attached hydrogens (tertiary/aromatic N) is 2. The van der Waals surface area contributed by atoms with Gasteiger partial charge in [0.2, 0.25) is 5.91 Å². The molecule has 1 aromatic rings. The van der Waals surface area contributed by atoms with Crippen LogP contribution >= 0.6 is 11.3 Å². The number of aromatic nitrogens is 1. The Balaban J connectivity index is 1.91. The number of esters is 1. The molecule has 2 atom stereocenters. The molecule has 2 heterocycles. The van der Waals surface area contributed by atoms with Crippen LogP contribution in [0.3, 0.4) is 0 Å². The van der Waals surface area contributed by atoms with Crippen LogP contribution in [0, 0.1) is 11.8 Å². The van der Waals surface area contributed by atoms with Crippen LogP contribution in [0.4, 0.5) is 5.13 Å². The van der Waals surface area contributed by atoms with Crippen LogP contribution in [0.1, 0.15) is 33.6 Å². The van der Waals surface area contributed by atoms with Crippen LogP contribution < -0.4 is 4.90 Å². The fourth-order valence-electron chi connectivity index (χ4n) is 2.41. The first-order valence-corrected chi connectivity index (χ1v) is 7.75. The Morgan fingerprint density at radius 3 is 2.90 bits per heavy atom. The predicted molar refractivity (Wildman–Crippen MR) is 77.6 cm³/mol. The zero-order valence-electron chi connectivity index (χ0n) is 12.0. The van der Waals surface area contributed by atoms with Crippen molar-refractivity contribution in [2.75, 3.05) is 11.4 Å². The number of amides is 1. The number of hydrogen-bond donors (Lipinski definition) is 0. The van der Waals surface area contributed by atoms with Gasteiger partial charge < -0.3 is 4.74 Å². The molecule has 1 aliphatic rings. The van der Waals surface area contributed by atoms with E-state index in [0.29, 0.717) is 17.6 Å². The van der Waals surface area contributed by atoms with E-state index in [1.54, 1.807) is 11.1 Å². The summed E-state index contributed by atoms with van der Waals surface area (Å²) >= 11 is 1.40. The van der Waals surface area contributed by atoms with Crippen LogP contribution in [0.2, 0.25) is 0 Å². The van der Waals surface area contributed by atoms with Crippen molar-refractivity contribution < 1.29 is 14.3 Å². The highest BCUT2D eigenvalue weighted by molar-refractivity contribution is 7.13. The quantitative estimate of drug-likeness (QED) is 0.783. The Kier molecular flexibility index (Phi) is 4.75. The summed E-state index contributed by atoms with van der Waals surface area (Å²) in [5, 5.41) is 2.47. The van der Waals surface area contributed by atoms with Crippen molar-refractivity contribution in [3.63, 3.8) is 0 Å². The van der Waals surface area contributed by atoms with Crippen LogP contribution in [-0.2, 0) is 14.3 Å². The maximum absolute atomic E-state index is 12.1. The molecule has 0 saturated carbocycles. The van der Waals surface area contributed by atoms with Crippen molar-refractivity contribution in [1.29, 1.82) is 0 Å². The smallest absolute Gasteiger partial charge is 0.311 e. The second kappa shape index (κ2) is 6.35. The van der Waals surface area contributed by atoms with Crippen LogP contribution in [0.15, 0.2) is 11.6 Å². The summed E-state index contributed by atoms with van der Waals surface area (Å²) in [6.45, 7) is 6.45. The van der Waals surface area contributed by atoms with Crippen LogP contribution in [0.25, 0.3) is 0 Å². The number of carbonyl (C=O) groups is 2. The fraction of sp³-hybridized carbons (Fsp3) is 0.643. The average Bonchev–Trinajstić information content (AvgIpc) is 2.95. The van der Waals surface area contributed by atoms with Crippen molar-refractivity contribution in [2.24, 2.45) is 11.8 Å². The Morgan fingerprint density at radius 1 is 1.55 bits per heavy atom. The molecule has 5 nitrogen and oxygen atoms in total. The molecule has 0 bridgehead atoms. The standard InChI is InChI=1S/C14H20N2O3S/c1-9(2)6-10(3)19-13(18)11-7-12(17)16(8-11)14-15-4-5-20-14/h4-5,9-11H,6-8H2,1-3H3/t10-,11+/m1/s1. The Hall–Kier alpha value is -1.43. The van der Waals surface area contributed by atoms with Crippen LogP contribution in [0.5, 0.6) is 0 Å². The highest BCUT2D eigenvalue weighted by atomic mass is 32.1. The predicted octanol–water partition coefficient (Wildman–Crippen LogP) is 2.47. The molecular formula is C14H20N2O3S. The lowest BCUT2D eigenvalue weighted by atomic mass is 10.1. The molecule has 2 rings (SSSR count). The Labute approximate surface area is 122 Å². The summed E-state index contributed by atoms with van der Waals surface area (Å²) in [5.74, 6) is -0.222. The minimum Gasteiger partial charge on any atom is -0.462 e. The van der Waals surface area contributed by atoms with E-state index in [4.69, 9.17) is 4.74 Å². The average molecular weight is 296 g/mol. The number of hydrogen-bond acceptors (Lipinski definition) is 5. The molecule has 0 aromatic carbocycles. The van der Waals surface area contributed by atoms with E-state index in [1.165, 1.54) is 11.3 Å². The van der Waals surface area contributed by atoms with Crippen molar-refractivity contribution in [2.45, 2.75) is 39.7 Å². The lowest BCUT2D eigenvalue weighted by molar-refractivity contribution is -0.153. The van der Waals surface area contributed by atoms with Gasteiger partial charge in [-0.05, 0) is 19.3 Å². The number of thiazole rings is 1. The first kappa shape index (κ1) is 15.0. The fourth-order valence-corrected chi connectivity index (χ4v) is 3.07. The zero-order valence-corrected chi connectivity index (χ0v) is 12.9. The molecule has 1 aliphatic heterocycles. The maximum atomic E-state index is 12.1. The molecule has 6 heteroatoms. The topological polar surface area (TPSA) is 59.5 Å². The number of carbonyl (C=O) groups excluding carboxylic acids is 2. The molecule has 0 radical (unpaired) electrons. The molecule has 0 N–H and O–H groups in total. The third-order valence-electron chi connectivity index (χ3n) is 3.23. The van der Waals surface area contributed by atoms with Crippen LogP contribution in [-0.4, -0.2) is 29.5 Å². The molecule has 1 saturated heterocycles. The molecule has 0 aliphatic carbocycles. The van der Waals surface area contributed by atoms with Crippen molar-refractivity contribution in [1.82, 2.24) is 4.98 Å². The van der Waals surface area contributed by atoms with Gasteiger partial charge in [-0.25, -0.2) is 4.98 Å². The number of ether oxygens (including phenoxy) is 1. The Bertz CT molecular complexity index is 473. The van der Waals surface area contributed by atoms with Gasteiger partial charge in [0.25, 0.3) is 0 Å². The molecular weight excluding hydrogens is 276 g/mol. The van der Waals surface area contributed by atoms with Crippen molar-refractivity contribution >= 4 is 28.3 Å². The van der Waals surface area contributed by atoms with Gasteiger partial charge in [-0.3, -0.25) is 14.5 Å². The van der Waals surface area contributed by atoms with Gasteiger partial charge in [-0.1, -0.05) is 13.8 Å². The molecule has 110 valence electrons. The van der Waals surface area contributed by atoms with Gasteiger partial charge >= 0.3 is 5.97 Å². The molecule has 20 heavy (non-hydrogen) atoms. The monoisotopic (exact) mass is 296 g/mol. The van der Waals surface area contributed by atoms with E-state index in [2.05, 4.69) is 18.8 Å². The lowest BCUT2D eigenvalue weighted by Gasteiger charge is -2.17. The van der Waals surface area contributed by atoms with E-state index in [9.17, 15) is 9.59 Å². The zero-order chi connectivity index (χ0) is 14.7. The summed E-state index contributed by atoms with van der Waals surface area (Å²) in [4.78, 5) is 29.7. The van der Waals surface area contributed by atoms with Gasteiger partial charge in [0, 0.05) is 24.5 Å². The molecule has 0 unspecified atom stereocenters. The minimum atomic E-state index is -0.374. The van der Waals surface area contributed by atoms with Gasteiger partial charge in [-0.15, -0.1) is 11.3 Å². The molecule has 1 aromatic heterocycles. The maximum Gasteiger partial charge on any atom is 0.311 e. The SMILES string of the molecule is CC(C)C[C@@H](C)OC(=O)[C@H]1CC(=O)N(c2nccs2)C1. The van der Waals surface area contributed by atoms with E-state index >= 15 is 0 Å². The van der Waals surface area contributed by atoms with E-state index < -0.39 is 0 Å². The highest BCUT2D eigenvalue weighted by Crippen LogP contribution is 2.27. The minimum absolute atomic E-state index is 0.0570. The molecule has 1 fully saturated rings. The van der Waals surface area contributed by atoms with E-state index in [1.807, 2.05) is 12.3 Å². The summed E-state index contributed by atoms with van der Waals surface area (Å²) in [6, 6.07) is 0. The highest BCUT2D eigenvalue weighted by Gasteiger charge is 2.37. The number of anilines is 1. The number of rotatable bonds is 5. The Morgan fingerprint density at radius 2 is 2.30 bits per heavy atom. The first-order chi connectivity index (χ1) is 9.47. The normalized spacial score (nSPS) is 20.5. The second-order valence-corrected chi connectivity index (χ2v) is 6.47. The van der Waals surface area contributed by atoms with Gasteiger partial charge in [-0.2, -0.15) is 0 Å². The summed E-state index contributed by atoms with van der Waals surface area (Å²) < 4.78 is 5.42. The molecule has 1 amide bonds. The van der Waals surface area contributed by atoms with E-state index in [-0.39, 0.29) is 30.3 Å². The third kappa shape index (κ3) is 3.56. The second-order valence-electron chi connectivity index (χ2n) is 5.60. The van der Waals surface area contributed by atoms with Gasteiger partial charge in [0.1, 0.15) is 0 Å². The largest absolute Gasteiger partial charge is 0.462 e.